The van der Waals surface area contributed by atoms with Gasteiger partial charge in [0, 0.05) is 63.0 Å². The molecule has 2 heterocycles. The number of benzene rings is 1. The van der Waals surface area contributed by atoms with Gasteiger partial charge >= 0.3 is 0 Å². The van der Waals surface area contributed by atoms with Crippen molar-refractivity contribution in [3.8, 4) is 0 Å². The van der Waals surface area contributed by atoms with Crippen molar-refractivity contribution in [2.75, 3.05) is 52.4 Å². The molecule has 3 N–H and O–H groups in total. The van der Waals surface area contributed by atoms with E-state index in [9.17, 15) is 13.2 Å². The summed E-state index contributed by atoms with van der Waals surface area (Å²) in [5.74, 6) is -2.29. The maximum atomic E-state index is 14.1. The Balaban J connectivity index is 1.68. The van der Waals surface area contributed by atoms with Crippen LogP contribution in [0, 0.1) is 23.4 Å². The van der Waals surface area contributed by atoms with Gasteiger partial charge in [-0.15, -0.1) is 0 Å². The first-order chi connectivity index (χ1) is 13.1. The van der Waals surface area contributed by atoms with Gasteiger partial charge in [0.05, 0.1) is 0 Å². The number of halogens is 3. The van der Waals surface area contributed by atoms with Gasteiger partial charge in [-0.2, -0.15) is 0 Å². The summed E-state index contributed by atoms with van der Waals surface area (Å²) in [5, 5.41) is 10.4. The first kappa shape index (κ1) is 20.6. The number of rotatable bonds is 2. The molecule has 3 unspecified atom stereocenters. The van der Waals surface area contributed by atoms with Crippen LogP contribution in [0.4, 0.5) is 13.2 Å². The Bertz CT molecular complexity index is 576. The third-order valence-electron chi connectivity index (χ3n) is 5.56. The predicted octanol–water partition coefficient (Wildman–Crippen LogP) is 1.90. The van der Waals surface area contributed by atoms with Crippen LogP contribution in [0.1, 0.15) is 24.8 Å². The minimum Gasteiger partial charge on any atom is -0.315 e. The van der Waals surface area contributed by atoms with Crippen molar-refractivity contribution in [1.29, 1.82) is 0 Å². The smallest absolute Gasteiger partial charge is 0.132 e. The summed E-state index contributed by atoms with van der Waals surface area (Å²) in [7, 11) is 0. The highest BCUT2D eigenvalue weighted by Crippen LogP contribution is 2.22. The standard InChI is InChI=1S/C20H31F3N4/c21-16-11-19(22)18(20(23)12-16)10-15-3-4-24-5-6-25-7-8-26-17-2-1-9-27(13-15)14-17/h11-12,15,17,24-26H,1-10,13-14H2. The topological polar surface area (TPSA) is 39.3 Å². The molecule has 3 atom stereocenters. The Morgan fingerprint density at radius 2 is 1.59 bits per heavy atom. The SMILES string of the molecule is Fc1cc(F)c(CC2CCNCCNCCNC3CCCN(C2)C3)c(F)c1. The van der Waals surface area contributed by atoms with Crippen LogP contribution in [-0.4, -0.2) is 63.3 Å². The van der Waals surface area contributed by atoms with Crippen molar-refractivity contribution in [3.05, 3.63) is 35.1 Å². The molecule has 2 fully saturated rings. The zero-order chi connectivity index (χ0) is 19.1. The summed E-state index contributed by atoms with van der Waals surface area (Å²) in [6.45, 7) is 7.31. The second-order valence-corrected chi connectivity index (χ2v) is 7.76. The van der Waals surface area contributed by atoms with Gasteiger partial charge in [0.25, 0.3) is 0 Å². The molecular weight excluding hydrogens is 353 g/mol. The second-order valence-electron chi connectivity index (χ2n) is 7.76. The zero-order valence-electron chi connectivity index (χ0n) is 15.9. The van der Waals surface area contributed by atoms with Crippen molar-refractivity contribution in [3.63, 3.8) is 0 Å². The quantitative estimate of drug-likeness (QED) is 0.728. The lowest BCUT2D eigenvalue weighted by Crippen LogP contribution is -2.49. The Labute approximate surface area is 159 Å². The second kappa shape index (κ2) is 10.4. The molecule has 0 aromatic heterocycles. The normalized spacial score (nSPS) is 28.5. The van der Waals surface area contributed by atoms with E-state index in [1.54, 1.807) is 0 Å². The zero-order valence-corrected chi connectivity index (χ0v) is 15.9. The Kier molecular flexibility index (Phi) is 7.93. The fourth-order valence-electron chi connectivity index (χ4n) is 4.16. The van der Waals surface area contributed by atoms with Crippen LogP contribution in [0.2, 0.25) is 0 Å². The van der Waals surface area contributed by atoms with E-state index >= 15 is 0 Å². The van der Waals surface area contributed by atoms with Gasteiger partial charge in [0.1, 0.15) is 17.5 Å². The number of hydrogen-bond donors (Lipinski definition) is 3. The summed E-state index contributed by atoms with van der Waals surface area (Å²) in [6.07, 6.45) is 3.44. The predicted molar refractivity (Wildman–Crippen MR) is 101 cm³/mol. The van der Waals surface area contributed by atoms with Gasteiger partial charge in [0.15, 0.2) is 0 Å². The van der Waals surface area contributed by atoms with E-state index in [0.29, 0.717) is 12.5 Å². The molecule has 27 heavy (non-hydrogen) atoms. The molecule has 7 heteroatoms. The van der Waals surface area contributed by atoms with E-state index in [-0.39, 0.29) is 11.5 Å². The highest BCUT2D eigenvalue weighted by Gasteiger charge is 2.24. The molecule has 2 aliphatic heterocycles. The molecule has 2 aliphatic rings. The van der Waals surface area contributed by atoms with E-state index in [1.807, 2.05) is 0 Å². The van der Waals surface area contributed by atoms with Gasteiger partial charge in [-0.1, -0.05) is 0 Å². The number of nitrogens with one attached hydrogen (secondary N) is 3. The van der Waals surface area contributed by atoms with Crippen LogP contribution < -0.4 is 16.0 Å². The van der Waals surface area contributed by atoms with Crippen molar-refractivity contribution < 1.29 is 13.2 Å². The lowest BCUT2D eigenvalue weighted by molar-refractivity contribution is 0.160. The molecule has 0 aliphatic carbocycles. The Morgan fingerprint density at radius 3 is 2.37 bits per heavy atom. The average Bonchev–Trinajstić information content (AvgIpc) is 2.62. The van der Waals surface area contributed by atoms with E-state index in [4.69, 9.17) is 0 Å². The minimum absolute atomic E-state index is 0.0101. The monoisotopic (exact) mass is 384 g/mol. The molecule has 1 aromatic rings. The van der Waals surface area contributed by atoms with Gasteiger partial charge in [-0.25, -0.2) is 13.2 Å². The van der Waals surface area contributed by atoms with Gasteiger partial charge in [-0.3, -0.25) is 0 Å². The molecule has 0 radical (unpaired) electrons. The number of hydrogen-bond acceptors (Lipinski definition) is 4. The largest absolute Gasteiger partial charge is 0.315 e. The van der Waals surface area contributed by atoms with Crippen LogP contribution in [0.15, 0.2) is 12.1 Å². The highest BCUT2D eigenvalue weighted by molar-refractivity contribution is 5.21. The summed E-state index contributed by atoms with van der Waals surface area (Å²) in [6, 6.07) is 2.04. The molecule has 0 spiro atoms. The van der Waals surface area contributed by atoms with E-state index in [2.05, 4.69) is 20.9 Å². The molecule has 0 amide bonds. The third-order valence-corrected chi connectivity index (χ3v) is 5.56. The van der Waals surface area contributed by atoms with Crippen molar-refractivity contribution in [2.24, 2.45) is 5.92 Å². The fraction of sp³-hybridized carbons (Fsp3) is 0.700. The molecule has 2 bridgehead atoms. The average molecular weight is 384 g/mol. The number of nitrogens with zero attached hydrogens (tertiary/aromatic N) is 1. The van der Waals surface area contributed by atoms with Crippen LogP contribution in [0.3, 0.4) is 0 Å². The van der Waals surface area contributed by atoms with Crippen molar-refractivity contribution >= 4 is 0 Å². The van der Waals surface area contributed by atoms with Crippen LogP contribution in [0.5, 0.6) is 0 Å². The van der Waals surface area contributed by atoms with Crippen LogP contribution in [0.25, 0.3) is 0 Å². The summed E-state index contributed by atoms with van der Waals surface area (Å²) >= 11 is 0. The van der Waals surface area contributed by atoms with Crippen molar-refractivity contribution in [2.45, 2.75) is 31.7 Å². The fourth-order valence-corrected chi connectivity index (χ4v) is 4.16. The van der Waals surface area contributed by atoms with Gasteiger partial charge in [0.2, 0.25) is 0 Å². The lowest BCUT2D eigenvalue weighted by Gasteiger charge is -2.36. The van der Waals surface area contributed by atoms with Gasteiger partial charge in [-0.05, 0) is 44.7 Å². The van der Waals surface area contributed by atoms with E-state index < -0.39 is 17.5 Å². The molecule has 4 nitrogen and oxygen atoms in total. The summed E-state index contributed by atoms with van der Waals surface area (Å²) < 4.78 is 41.5. The summed E-state index contributed by atoms with van der Waals surface area (Å²) in [4.78, 5) is 2.41. The molecule has 0 saturated carbocycles. The maximum Gasteiger partial charge on any atom is 0.132 e. The van der Waals surface area contributed by atoms with Gasteiger partial charge < -0.3 is 20.9 Å². The highest BCUT2D eigenvalue weighted by atomic mass is 19.1. The maximum absolute atomic E-state index is 14.1. The lowest BCUT2D eigenvalue weighted by atomic mass is 9.93. The third kappa shape index (κ3) is 6.45. The van der Waals surface area contributed by atoms with E-state index in [1.165, 1.54) is 6.42 Å². The minimum atomic E-state index is -0.862. The molecular formula is C20H31F3N4. The number of fused-ring (bicyclic) bond motifs is 2. The summed E-state index contributed by atoms with van der Waals surface area (Å²) in [5.41, 5.74) is 0.0101. The first-order valence-corrected chi connectivity index (χ1v) is 10.1. The van der Waals surface area contributed by atoms with Crippen molar-refractivity contribution in [1.82, 2.24) is 20.9 Å². The molecule has 3 rings (SSSR count). The molecule has 152 valence electrons. The Hall–Kier alpha value is -1.15. The van der Waals surface area contributed by atoms with Crippen LogP contribution in [-0.2, 0) is 6.42 Å². The molecule has 1 aromatic carbocycles. The van der Waals surface area contributed by atoms with E-state index in [0.717, 1.165) is 77.3 Å². The Morgan fingerprint density at radius 1 is 0.889 bits per heavy atom. The molecule has 2 saturated heterocycles. The first-order valence-electron chi connectivity index (χ1n) is 10.1. The van der Waals surface area contributed by atoms with Crippen LogP contribution >= 0.6 is 0 Å². The number of piperidine rings is 1.